The van der Waals surface area contributed by atoms with Crippen LogP contribution in [-0.2, 0) is 4.79 Å². The van der Waals surface area contributed by atoms with Crippen molar-refractivity contribution in [2.24, 2.45) is 5.92 Å². The predicted octanol–water partition coefficient (Wildman–Crippen LogP) is 4.34. The normalized spacial score (nSPS) is 16.7. The molecule has 1 saturated carbocycles. The minimum atomic E-state index is -0.0761. The lowest BCUT2D eigenvalue weighted by Crippen LogP contribution is -2.24. The minimum Gasteiger partial charge on any atom is -0.497 e. The average molecular weight is 337 g/mol. The van der Waals surface area contributed by atoms with Crippen molar-refractivity contribution in [1.29, 1.82) is 0 Å². The third kappa shape index (κ3) is 5.34. The van der Waals surface area contributed by atoms with Crippen molar-refractivity contribution in [2.45, 2.75) is 44.3 Å². The van der Waals surface area contributed by atoms with Gasteiger partial charge in [0.2, 0.25) is 5.91 Å². The zero-order chi connectivity index (χ0) is 16.7. The van der Waals surface area contributed by atoms with Crippen molar-refractivity contribution < 1.29 is 14.3 Å². The monoisotopic (exact) mass is 337 g/mol. The molecule has 1 amide bonds. The van der Waals surface area contributed by atoms with Gasteiger partial charge in [0.1, 0.15) is 11.5 Å². The lowest BCUT2D eigenvalue weighted by atomic mass is 9.91. The molecule has 1 aliphatic carbocycles. The first kappa shape index (κ1) is 18.0. The van der Waals surface area contributed by atoms with E-state index >= 15 is 0 Å². The van der Waals surface area contributed by atoms with Crippen LogP contribution in [0.25, 0.3) is 0 Å². The summed E-state index contributed by atoms with van der Waals surface area (Å²) in [6.45, 7) is 1.97. The number of carbonyl (C=O) groups is 1. The number of methoxy groups -OCH3 is 2. The summed E-state index contributed by atoms with van der Waals surface area (Å²) in [6.07, 6.45) is 6.67. The Kier molecular flexibility index (Phi) is 7.09. The highest BCUT2D eigenvalue weighted by molar-refractivity contribution is 8.00. The highest BCUT2D eigenvalue weighted by atomic mass is 32.2. The molecule has 1 aromatic carbocycles. The molecular weight excluding hydrogens is 310 g/mol. The first-order valence-electron chi connectivity index (χ1n) is 8.28. The van der Waals surface area contributed by atoms with Gasteiger partial charge in [-0.15, -0.1) is 11.8 Å². The molecule has 1 unspecified atom stereocenters. The maximum Gasteiger partial charge on any atom is 0.237 e. The van der Waals surface area contributed by atoms with Crippen LogP contribution in [0, 0.1) is 5.92 Å². The van der Waals surface area contributed by atoms with Gasteiger partial charge in [-0.25, -0.2) is 0 Å². The molecule has 0 heterocycles. The van der Waals surface area contributed by atoms with Crippen molar-refractivity contribution in [3.8, 4) is 11.5 Å². The van der Waals surface area contributed by atoms with Crippen molar-refractivity contribution in [3.63, 3.8) is 0 Å². The van der Waals surface area contributed by atoms with Crippen molar-refractivity contribution >= 4 is 23.4 Å². The van der Waals surface area contributed by atoms with Crippen LogP contribution in [-0.4, -0.2) is 31.1 Å². The van der Waals surface area contributed by atoms with Gasteiger partial charge in [0, 0.05) is 6.07 Å². The Morgan fingerprint density at radius 2 is 2.00 bits per heavy atom. The van der Waals surface area contributed by atoms with E-state index in [4.69, 9.17) is 9.47 Å². The molecule has 0 aliphatic heterocycles. The van der Waals surface area contributed by atoms with Gasteiger partial charge >= 0.3 is 0 Å². The summed E-state index contributed by atoms with van der Waals surface area (Å²) < 4.78 is 10.5. The topological polar surface area (TPSA) is 47.6 Å². The standard InChI is InChI=1S/C18H27NO3S/c1-13(23-12-14-7-5-4-6-8-14)18(20)19-16-11-15(21-2)9-10-17(16)22-3/h9-11,13-14H,4-8,12H2,1-3H3,(H,19,20). The summed E-state index contributed by atoms with van der Waals surface area (Å²) >= 11 is 1.75. The van der Waals surface area contributed by atoms with Crippen molar-refractivity contribution in [3.05, 3.63) is 18.2 Å². The molecule has 2 rings (SSSR count). The molecule has 0 bridgehead atoms. The largest absolute Gasteiger partial charge is 0.497 e. The van der Waals surface area contributed by atoms with Gasteiger partial charge < -0.3 is 14.8 Å². The lowest BCUT2D eigenvalue weighted by Gasteiger charge is -2.22. The van der Waals surface area contributed by atoms with Gasteiger partial charge in [-0.1, -0.05) is 19.3 Å². The number of thioether (sulfide) groups is 1. The van der Waals surface area contributed by atoms with E-state index in [1.54, 1.807) is 38.1 Å². The van der Waals surface area contributed by atoms with Crippen LogP contribution in [0.15, 0.2) is 18.2 Å². The second kappa shape index (κ2) is 9.06. The number of nitrogens with one attached hydrogen (secondary N) is 1. The number of benzene rings is 1. The van der Waals surface area contributed by atoms with Crippen LogP contribution in [0.2, 0.25) is 0 Å². The Morgan fingerprint density at radius 3 is 2.65 bits per heavy atom. The van der Waals surface area contributed by atoms with Gasteiger partial charge in [0.05, 0.1) is 25.2 Å². The predicted molar refractivity (Wildman–Crippen MR) is 96.7 cm³/mol. The van der Waals surface area contributed by atoms with Crippen LogP contribution in [0.5, 0.6) is 11.5 Å². The highest BCUT2D eigenvalue weighted by Crippen LogP contribution is 2.31. The molecule has 23 heavy (non-hydrogen) atoms. The molecule has 1 aromatic rings. The molecule has 0 saturated heterocycles. The first-order chi connectivity index (χ1) is 11.1. The number of hydrogen-bond donors (Lipinski definition) is 1. The number of anilines is 1. The van der Waals surface area contributed by atoms with Crippen LogP contribution < -0.4 is 14.8 Å². The first-order valence-corrected chi connectivity index (χ1v) is 9.33. The number of ether oxygens (including phenoxy) is 2. The second-order valence-electron chi connectivity index (χ2n) is 6.04. The molecule has 128 valence electrons. The molecule has 0 radical (unpaired) electrons. The van der Waals surface area contributed by atoms with Gasteiger partial charge in [0.15, 0.2) is 0 Å². The Labute approximate surface area is 143 Å². The summed E-state index contributed by atoms with van der Waals surface area (Å²) in [7, 11) is 3.20. The molecule has 0 aromatic heterocycles. The SMILES string of the molecule is COc1ccc(OC)c(NC(=O)C(C)SCC2CCCCC2)c1. The fourth-order valence-corrected chi connectivity index (χ4v) is 3.96. The molecule has 1 aliphatic rings. The minimum absolute atomic E-state index is 0.0114. The zero-order valence-corrected chi connectivity index (χ0v) is 15.1. The third-order valence-corrected chi connectivity index (χ3v) is 5.72. The summed E-state index contributed by atoms with van der Waals surface area (Å²) in [6, 6.07) is 5.40. The molecule has 4 nitrogen and oxygen atoms in total. The molecule has 0 spiro atoms. The average Bonchev–Trinajstić information content (AvgIpc) is 2.60. The maximum atomic E-state index is 12.4. The quantitative estimate of drug-likeness (QED) is 0.804. The van der Waals surface area contributed by atoms with Gasteiger partial charge in [-0.2, -0.15) is 0 Å². The fraction of sp³-hybridized carbons (Fsp3) is 0.611. The number of rotatable bonds is 7. The van der Waals surface area contributed by atoms with Crippen LogP contribution in [0.1, 0.15) is 39.0 Å². The van der Waals surface area contributed by atoms with E-state index in [0.29, 0.717) is 17.2 Å². The number of amides is 1. The third-order valence-electron chi connectivity index (χ3n) is 4.34. The smallest absolute Gasteiger partial charge is 0.237 e. The van der Waals surface area contributed by atoms with Crippen LogP contribution in [0.4, 0.5) is 5.69 Å². The van der Waals surface area contributed by atoms with E-state index in [9.17, 15) is 4.79 Å². The van der Waals surface area contributed by atoms with Crippen LogP contribution >= 0.6 is 11.8 Å². The van der Waals surface area contributed by atoms with Gasteiger partial charge in [0.25, 0.3) is 0 Å². The van der Waals surface area contributed by atoms with E-state index in [-0.39, 0.29) is 11.2 Å². The van der Waals surface area contributed by atoms with Crippen LogP contribution in [0.3, 0.4) is 0 Å². The summed E-state index contributed by atoms with van der Waals surface area (Å²) in [5, 5.41) is 2.88. The maximum absolute atomic E-state index is 12.4. The Hall–Kier alpha value is -1.36. The van der Waals surface area contributed by atoms with E-state index in [0.717, 1.165) is 11.7 Å². The molecule has 1 N–H and O–H groups in total. The summed E-state index contributed by atoms with van der Waals surface area (Å²) in [5.74, 6) is 3.20. The number of carbonyl (C=O) groups excluding carboxylic acids is 1. The molecule has 1 fully saturated rings. The van der Waals surface area contributed by atoms with Gasteiger partial charge in [-0.05, 0) is 43.6 Å². The summed E-state index contributed by atoms with van der Waals surface area (Å²) in [4.78, 5) is 12.4. The zero-order valence-electron chi connectivity index (χ0n) is 14.3. The van der Waals surface area contributed by atoms with E-state index in [1.807, 2.05) is 13.0 Å². The Balaban J connectivity index is 1.89. The molecule has 1 atom stereocenters. The second-order valence-corrected chi connectivity index (χ2v) is 7.41. The number of hydrogen-bond acceptors (Lipinski definition) is 4. The van der Waals surface area contributed by atoms with Crippen molar-refractivity contribution in [2.75, 3.05) is 25.3 Å². The highest BCUT2D eigenvalue weighted by Gasteiger charge is 2.19. The molecular formula is C18H27NO3S. The summed E-state index contributed by atoms with van der Waals surface area (Å²) in [5.41, 5.74) is 0.655. The van der Waals surface area contributed by atoms with E-state index < -0.39 is 0 Å². The van der Waals surface area contributed by atoms with Gasteiger partial charge in [-0.3, -0.25) is 4.79 Å². The Bertz CT molecular complexity index is 515. The van der Waals surface area contributed by atoms with E-state index in [1.165, 1.54) is 32.1 Å². The Morgan fingerprint density at radius 1 is 1.26 bits per heavy atom. The lowest BCUT2D eigenvalue weighted by molar-refractivity contribution is -0.115. The van der Waals surface area contributed by atoms with Crippen molar-refractivity contribution in [1.82, 2.24) is 0 Å². The fourth-order valence-electron chi connectivity index (χ4n) is 2.86. The van der Waals surface area contributed by atoms with E-state index in [2.05, 4.69) is 5.32 Å². The molecule has 5 heteroatoms.